The summed E-state index contributed by atoms with van der Waals surface area (Å²) in [5.41, 5.74) is -9.20. The SMILES string of the molecule is CC(=O)O[C@H]1C(=O)C2(C)[C@@H](OC(=O)NCCCCCCn3c(=O)c(C)cn([C@@H]4CC(O)[C@H](COP(=O)(O)O)O4)c3=O)C[C@H]3OC[C@@]3(OC(C)=O)[C@H]2[C@H](OC(=O)c2ccccc2)[C@]2(O)C[C@H](OC(=O)[C@H](O)[C@@H](NC(=O)c3ccccc3)c3ccccc3)C(C)=C1C2(C)C. The minimum absolute atomic E-state index is 0.00387. The maximum atomic E-state index is 16.4. The molecule has 0 spiro atoms. The lowest BCUT2D eigenvalue weighted by atomic mass is 9.44. The van der Waals surface area contributed by atoms with Crippen molar-refractivity contribution in [2.45, 2.75) is 172 Å². The molecule has 3 aliphatic carbocycles. The molecule has 3 heterocycles. The van der Waals surface area contributed by atoms with Gasteiger partial charge in [0, 0.05) is 68.9 Å². The quantitative estimate of drug-likeness (QED) is 0.0191. The number of benzene rings is 3. The molecule has 1 aromatic heterocycles. The Morgan fingerprint density at radius 1 is 0.804 bits per heavy atom. The van der Waals surface area contributed by atoms with Crippen LogP contribution in [0.3, 0.4) is 0 Å². The Labute approximate surface area is 528 Å². The second kappa shape index (κ2) is 27.5. The van der Waals surface area contributed by atoms with Gasteiger partial charge in [-0.3, -0.25) is 37.6 Å². The number of aliphatic hydroxyl groups is 3. The van der Waals surface area contributed by atoms with Crippen LogP contribution in [0.25, 0.3) is 0 Å². The number of phosphoric ester groups is 1. The molecule has 2 amide bonds. The van der Waals surface area contributed by atoms with Gasteiger partial charge in [-0.1, -0.05) is 93.4 Å². The lowest BCUT2D eigenvalue weighted by Crippen LogP contribution is -2.82. The number of esters is 4. The van der Waals surface area contributed by atoms with E-state index in [1.165, 1.54) is 65.1 Å². The molecule has 4 aromatic rings. The number of ketones is 1. The van der Waals surface area contributed by atoms with Crippen LogP contribution in [0.2, 0.25) is 0 Å². The molecule has 2 aliphatic heterocycles. The first-order valence-electron chi connectivity index (χ1n) is 30.3. The summed E-state index contributed by atoms with van der Waals surface area (Å²) in [6.07, 6.45) is -13.3. The first kappa shape index (κ1) is 68.6. The third kappa shape index (κ3) is 13.7. The fourth-order valence-corrected chi connectivity index (χ4v) is 14.2. The van der Waals surface area contributed by atoms with Gasteiger partial charge in [-0.15, -0.1) is 0 Å². The Morgan fingerprint density at radius 3 is 2.04 bits per heavy atom. The molecule has 9 rings (SSSR count). The summed E-state index contributed by atoms with van der Waals surface area (Å²) in [7, 11) is -4.89. The molecule has 496 valence electrons. The van der Waals surface area contributed by atoms with Crippen molar-refractivity contribution in [3.05, 3.63) is 151 Å². The van der Waals surface area contributed by atoms with Crippen molar-refractivity contribution in [2.75, 3.05) is 19.8 Å². The normalized spacial score (nSPS) is 28.7. The second-order valence-corrected chi connectivity index (χ2v) is 26.0. The van der Waals surface area contributed by atoms with Crippen LogP contribution in [0.4, 0.5) is 4.79 Å². The van der Waals surface area contributed by atoms with Gasteiger partial charge in [0.1, 0.15) is 42.3 Å². The number of unbranched alkanes of at least 4 members (excludes halogenated alkanes) is 3. The number of alkyl carbamates (subject to hydrolysis) is 1. The van der Waals surface area contributed by atoms with Crippen LogP contribution in [0.5, 0.6) is 0 Å². The molecular weight excluding hydrogens is 1220 g/mol. The fourth-order valence-electron chi connectivity index (χ4n) is 13.8. The number of nitrogens with zero attached hydrogens (tertiary/aromatic N) is 2. The van der Waals surface area contributed by atoms with E-state index in [9.17, 15) is 58.2 Å². The van der Waals surface area contributed by atoms with Crippen LogP contribution in [-0.4, -0.2) is 156 Å². The number of nitrogens with one attached hydrogen (secondary N) is 2. The van der Waals surface area contributed by atoms with E-state index in [1.807, 2.05) is 0 Å². The zero-order valence-corrected chi connectivity index (χ0v) is 52.7. The van der Waals surface area contributed by atoms with Crippen molar-refractivity contribution in [3.8, 4) is 0 Å². The van der Waals surface area contributed by atoms with E-state index in [2.05, 4.69) is 15.2 Å². The summed E-state index contributed by atoms with van der Waals surface area (Å²) < 4.78 is 61.1. The van der Waals surface area contributed by atoms with Crippen LogP contribution in [0.1, 0.15) is 131 Å². The van der Waals surface area contributed by atoms with Crippen molar-refractivity contribution in [1.82, 2.24) is 19.8 Å². The number of rotatable bonds is 22. The largest absolute Gasteiger partial charge is 0.469 e. The molecule has 2 saturated heterocycles. The molecule has 14 atom stereocenters. The van der Waals surface area contributed by atoms with Gasteiger partial charge in [-0.25, -0.2) is 23.7 Å². The van der Waals surface area contributed by atoms with Gasteiger partial charge < -0.3 is 68.9 Å². The molecule has 3 aromatic carbocycles. The predicted octanol–water partition coefficient (Wildman–Crippen LogP) is 4.12. The van der Waals surface area contributed by atoms with Crippen LogP contribution < -0.4 is 21.9 Å². The number of hydrogen-bond acceptors (Lipinski definition) is 21. The average molecular weight is 1300 g/mol. The predicted molar refractivity (Wildman–Crippen MR) is 321 cm³/mol. The lowest BCUT2D eigenvalue weighted by Gasteiger charge is -2.67. The molecule has 5 aliphatic rings. The minimum atomic E-state index is -4.89. The number of aliphatic hydroxyl groups excluding tert-OH is 2. The molecule has 2 bridgehead atoms. The number of aromatic nitrogens is 2. The van der Waals surface area contributed by atoms with Gasteiger partial charge in [-0.05, 0) is 74.6 Å². The molecule has 2 saturated carbocycles. The van der Waals surface area contributed by atoms with E-state index >= 15 is 4.79 Å². The van der Waals surface area contributed by atoms with Gasteiger partial charge in [0.15, 0.2) is 23.6 Å². The second-order valence-electron chi connectivity index (χ2n) is 24.8. The number of fused-ring (bicyclic) bond motifs is 5. The number of ether oxygens (including phenoxy) is 7. The van der Waals surface area contributed by atoms with E-state index in [0.29, 0.717) is 31.2 Å². The number of Topliss-reactive ketones (excluding diaryl/α,β-unsaturated/α-hetero) is 1. The van der Waals surface area contributed by atoms with Gasteiger partial charge >= 0.3 is 43.5 Å². The minimum Gasteiger partial charge on any atom is -0.456 e. The summed E-state index contributed by atoms with van der Waals surface area (Å²) in [6, 6.07) is 22.4. The van der Waals surface area contributed by atoms with Crippen molar-refractivity contribution in [2.24, 2.45) is 16.7 Å². The molecule has 27 nitrogen and oxygen atoms in total. The lowest BCUT2D eigenvalue weighted by molar-refractivity contribution is -0.345. The average Bonchev–Trinajstić information content (AvgIpc) is 0.721. The van der Waals surface area contributed by atoms with Gasteiger partial charge in [0.2, 0.25) is 0 Å². The standard InChI is InChI=1S/C64H77N4O23P/c1-35-32-68(47-29-42(71)44(87-47)33-85-92(81,82)83)60(79)67(56(35)75)28-20-9-8-19-27-65-59(78)89-45-30-46-63(34-84-46,91-38(4)70)52-54(90-57(76)41-25-17-12-18-26-41)64(80)31-43(36(2)48(61(64,5)6)51(86-37(3)69)53(73)62(45,52)7)88-58(77)50(72)49(39-21-13-10-14-22-39)66-55(74)40-23-15-11-16-24-40/h10-18,21-26,32,42-47,49-52,54,71-72,80H,8-9,19-20,27-31,33-34H2,1-7H3,(H,65,78)(H,66,74)(H2,81,82,83)/t42?,43-,44-,45-,46+,47-,49-,50+,51+,52-,54-,62?,63-,64+/m0/s1. The summed E-state index contributed by atoms with van der Waals surface area (Å²) >= 11 is 0. The Hall–Kier alpha value is -7.72. The molecule has 4 fully saturated rings. The number of amides is 2. The van der Waals surface area contributed by atoms with Gasteiger partial charge in [0.05, 0.1) is 42.3 Å². The molecule has 28 heteroatoms. The monoisotopic (exact) mass is 1300 g/mol. The smallest absolute Gasteiger partial charge is 0.456 e. The van der Waals surface area contributed by atoms with E-state index < -0.39 is 169 Å². The highest BCUT2D eigenvalue weighted by atomic mass is 31.2. The van der Waals surface area contributed by atoms with Crippen molar-refractivity contribution < 1.29 is 101 Å². The van der Waals surface area contributed by atoms with E-state index in [0.717, 1.165) is 23.0 Å². The van der Waals surface area contributed by atoms with E-state index in [1.54, 1.807) is 66.7 Å². The number of carbonyl (C=O) groups is 7. The summed E-state index contributed by atoms with van der Waals surface area (Å²) in [5, 5.41) is 42.1. The molecule has 92 heavy (non-hydrogen) atoms. The zero-order chi connectivity index (χ0) is 66.8. The molecular formula is C64H77N4O23P. The van der Waals surface area contributed by atoms with E-state index in [-0.39, 0.29) is 53.8 Å². The molecule has 2 unspecified atom stereocenters. The van der Waals surface area contributed by atoms with Crippen LogP contribution >= 0.6 is 7.82 Å². The highest BCUT2D eigenvalue weighted by Crippen LogP contribution is 2.65. The Kier molecular flexibility index (Phi) is 20.5. The van der Waals surface area contributed by atoms with Crippen molar-refractivity contribution >= 4 is 49.5 Å². The van der Waals surface area contributed by atoms with Crippen LogP contribution in [-0.2, 0) is 68.0 Å². The van der Waals surface area contributed by atoms with Crippen molar-refractivity contribution in [3.63, 3.8) is 0 Å². The highest BCUT2D eigenvalue weighted by Gasteiger charge is 2.79. The summed E-state index contributed by atoms with van der Waals surface area (Å²) in [6.45, 7) is 8.42. The number of carbonyl (C=O) groups excluding carboxylic acids is 7. The number of aryl methyl sites for hydroxylation is 1. The summed E-state index contributed by atoms with van der Waals surface area (Å²) in [4.78, 5) is 146. The molecule has 0 radical (unpaired) electrons. The van der Waals surface area contributed by atoms with Gasteiger partial charge in [0.25, 0.3) is 11.5 Å². The Bertz CT molecular complexity index is 3650. The first-order chi connectivity index (χ1) is 43.4. The zero-order valence-electron chi connectivity index (χ0n) is 51.8. The van der Waals surface area contributed by atoms with Gasteiger partial charge in [-0.2, -0.15) is 0 Å². The maximum absolute atomic E-state index is 16.4. The molecule has 7 N–H and O–H groups in total. The fraction of sp³-hybridized carbons (Fsp3) is 0.516. The van der Waals surface area contributed by atoms with Crippen molar-refractivity contribution in [1.29, 1.82) is 0 Å². The maximum Gasteiger partial charge on any atom is 0.469 e. The van der Waals surface area contributed by atoms with Crippen LogP contribution in [0.15, 0.2) is 118 Å². The number of hydrogen-bond donors (Lipinski definition) is 7. The Balaban J connectivity index is 1.00. The first-order valence-corrected chi connectivity index (χ1v) is 31.8. The highest BCUT2D eigenvalue weighted by molar-refractivity contribution is 7.46. The van der Waals surface area contributed by atoms with Crippen LogP contribution in [0, 0.1) is 23.7 Å². The summed E-state index contributed by atoms with van der Waals surface area (Å²) in [5.74, 6) is -7.51. The van der Waals surface area contributed by atoms with E-state index in [4.69, 9.17) is 42.9 Å². The third-order valence-electron chi connectivity index (χ3n) is 18.6. The topological polar surface area (TPSA) is 380 Å². The third-order valence-corrected chi connectivity index (χ3v) is 19.0. The Morgan fingerprint density at radius 2 is 1.43 bits per heavy atom. The number of phosphoric acid groups is 1.